The lowest BCUT2D eigenvalue weighted by molar-refractivity contribution is -0.142. The van der Waals surface area contributed by atoms with Gasteiger partial charge in [-0.05, 0) is 145 Å². The van der Waals surface area contributed by atoms with Gasteiger partial charge in [0.2, 0.25) is 94.5 Å². The van der Waals surface area contributed by atoms with Crippen LogP contribution in [0.25, 0.3) is 0 Å². The number of H-pyrrole nitrogens is 1. The van der Waals surface area contributed by atoms with E-state index in [4.69, 9.17) is 50.6 Å². The van der Waals surface area contributed by atoms with Gasteiger partial charge in [-0.15, -0.1) is 0 Å². The Bertz CT molecular complexity index is 4130. The predicted octanol–water partition coefficient (Wildman–Crippen LogP) is -5.70. The van der Waals surface area contributed by atoms with Crippen molar-refractivity contribution in [1.82, 2.24) is 105 Å². The van der Waals surface area contributed by atoms with Gasteiger partial charge in [-0.3, -0.25) is 92.9 Å². The van der Waals surface area contributed by atoms with Crippen molar-refractivity contribution in [3.8, 4) is 0 Å². The van der Waals surface area contributed by atoms with Crippen molar-refractivity contribution in [2.75, 3.05) is 45.8 Å². The van der Waals surface area contributed by atoms with Crippen LogP contribution in [-0.2, 0) is 94.3 Å². The third kappa shape index (κ3) is 43.4. The molecule has 732 valence electrons. The summed E-state index contributed by atoms with van der Waals surface area (Å²) in [7, 11) is 0. The Morgan fingerprint density at radius 2 is 0.832 bits per heavy atom. The fraction of sp³-hybridized carbons (Fsp3) is 0.655. The zero-order valence-electron chi connectivity index (χ0n) is 76.9. The van der Waals surface area contributed by atoms with Gasteiger partial charge in [0, 0.05) is 51.6 Å². The molecular formula is C84H143N29O18. The minimum atomic E-state index is -1.57. The third-order valence-electron chi connectivity index (χ3n) is 20.9. The molecule has 1 saturated heterocycles. The number of nitrogens with one attached hydrogen (secondary N) is 21. The predicted molar refractivity (Wildman–Crippen MR) is 484 cm³/mol. The maximum atomic E-state index is 15.0. The van der Waals surface area contributed by atoms with Crippen molar-refractivity contribution in [2.24, 2.45) is 64.0 Å². The molecule has 47 nitrogen and oxygen atoms in total. The molecule has 1 aromatic carbocycles. The molecule has 16 amide bonds. The molecule has 0 bridgehead atoms. The highest BCUT2D eigenvalue weighted by Crippen LogP contribution is 2.22. The smallest absolute Gasteiger partial charge is 0.326 e. The number of primary amides is 1. The number of likely N-dealkylation sites (tertiary alicyclic amines) is 1. The number of hydrogen-bond donors (Lipinski definition) is 28. The Labute approximate surface area is 763 Å². The normalized spacial score (nSPS) is 15.3. The number of guanidine groups is 3. The van der Waals surface area contributed by atoms with Crippen molar-refractivity contribution in [1.29, 1.82) is 16.2 Å². The number of benzene rings is 1. The van der Waals surface area contributed by atoms with Gasteiger partial charge >= 0.3 is 5.97 Å². The molecule has 0 unspecified atom stereocenters. The zero-order valence-corrected chi connectivity index (χ0v) is 76.9. The van der Waals surface area contributed by atoms with Gasteiger partial charge in [0.1, 0.15) is 78.5 Å². The van der Waals surface area contributed by atoms with E-state index in [1.807, 2.05) is 0 Å². The van der Waals surface area contributed by atoms with E-state index in [1.165, 1.54) is 24.3 Å². The number of carboxylic acid groups (broad SMARTS) is 1. The maximum absolute atomic E-state index is 15.0. The van der Waals surface area contributed by atoms with Crippen molar-refractivity contribution < 1.29 is 86.6 Å². The highest BCUT2D eigenvalue weighted by atomic mass is 16.4. The average molecular weight is 1850 g/mol. The number of imidazole rings is 1. The first kappa shape index (κ1) is 112. The molecule has 0 spiro atoms. The fourth-order valence-electron chi connectivity index (χ4n) is 14.0. The highest BCUT2D eigenvalue weighted by Gasteiger charge is 2.42. The van der Waals surface area contributed by atoms with E-state index in [1.54, 1.807) is 99.6 Å². The molecule has 1 aliphatic rings. The van der Waals surface area contributed by atoms with E-state index in [2.05, 4.69) is 100 Å². The number of nitrogens with two attached hydrogens (primary N) is 6. The average Bonchev–Trinajstić information content (AvgIpc) is 1.74. The molecule has 1 aliphatic heterocycles. The molecular weight excluding hydrogens is 1700 g/mol. The topological polar surface area (TPSA) is 775 Å². The molecule has 34 N–H and O–H groups in total. The molecule has 1 fully saturated rings. The molecule has 0 aliphatic carbocycles. The van der Waals surface area contributed by atoms with Crippen LogP contribution in [0.2, 0.25) is 0 Å². The van der Waals surface area contributed by atoms with Crippen molar-refractivity contribution >= 4 is 118 Å². The number of carbonyl (C=O) groups is 17. The quantitative estimate of drug-likeness (QED) is 0.0167. The standard InChI is InChI=1S/C84H143N29O18/c1-44(2)35-57(102-65(116)41-98-68(117)49(11)86)73(122)105-55(28-29-63(87)114)71(120)110-61(38-50-21-13-12-14-22-50)80(129)113-34-20-27-62(113)77(126)112-66(47(7)8)78(127)99-42-64(115)101-52(24-17-31-95-82(88)89)72(121)111-67(48(9)10)79(128)109-60(39-51-40-94-43-100-51)76(125)104-54(26-19-33-97-84(92)93)70(119)107-59(37-46(5)6)75(124)108-58(36-45(3)4)74(123)103-53(25-18-32-96-83(90)91)69(118)106-56(81(130)131)23-15-16-30-85/h12-14,21-22,40,43-49,52-62,66-67H,15-20,23-39,41-42,85-86H2,1-11H3,(H2,87,114)(H,94,100)(H,98,117)(H,99,127)(H,101,115)(H,102,116)(H,103,123)(H,104,125)(H,105,122)(H,106,118)(H,107,119)(H,108,124)(H,109,128)(H,110,120)(H,111,121)(H,112,126)(H,130,131)(H4,88,89,95)(H4,90,91,96)(H4,92,93,97)/t49-,52-,53-,54-,55-,56-,57-,58-,59-,60-,61-,62-,66-,67-/m0/s1. The Morgan fingerprint density at radius 1 is 0.443 bits per heavy atom. The molecule has 14 atom stereocenters. The van der Waals surface area contributed by atoms with Crippen LogP contribution in [0, 0.1) is 45.8 Å². The van der Waals surface area contributed by atoms with Gasteiger partial charge in [-0.1, -0.05) is 99.6 Å². The van der Waals surface area contributed by atoms with Gasteiger partial charge in [0.15, 0.2) is 17.9 Å². The van der Waals surface area contributed by atoms with Crippen molar-refractivity contribution in [3.63, 3.8) is 0 Å². The second-order valence-corrected chi connectivity index (χ2v) is 34.5. The molecule has 2 aromatic rings. The molecule has 0 radical (unpaired) electrons. The summed E-state index contributed by atoms with van der Waals surface area (Å²) < 4.78 is 0. The summed E-state index contributed by atoms with van der Waals surface area (Å²) in [6.45, 7) is 17.5. The van der Waals surface area contributed by atoms with Crippen LogP contribution in [0.15, 0.2) is 42.9 Å². The molecule has 0 saturated carbocycles. The third-order valence-corrected chi connectivity index (χ3v) is 20.9. The summed E-state index contributed by atoms with van der Waals surface area (Å²) in [4.78, 5) is 246. The number of aliphatic carboxylic acids is 1. The van der Waals surface area contributed by atoms with Crippen LogP contribution in [0.1, 0.15) is 190 Å². The number of rotatable bonds is 61. The maximum Gasteiger partial charge on any atom is 0.326 e. The summed E-state index contributed by atoms with van der Waals surface area (Å²) >= 11 is 0. The van der Waals surface area contributed by atoms with Crippen molar-refractivity contribution in [3.05, 3.63) is 54.1 Å². The second-order valence-electron chi connectivity index (χ2n) is 34.5. The van der Waals surface area contributed by atoms with Crippen LogP contribution in [0.4, 0.5) is 0 Å². The highest BCUT2D eigenvalue weighted by molar-refractivity contribution is 6.01. The summed E-state index contributed by atoms with van der Waals surface area (Å²) in [6, 6.07) is -10.6. The Kier molecular flexibility index (Phi) is 50.3. The summed E-state index contributed by atoms with van der Waals surface area (Å²) in [5.41, 5.74) is 34.2. The van der Waals surface area contributed by atoms with Gasteiger partial charge in [-0.25, -0.2) is 9.78 Å². The molecule has 2 heterocycles. The molecule has 3 rings (SSSR count). The number of unbranched alkanes of at least 4 members (excludes halogenated alkanes) is 1. The van der Waals surface area contributed by atoms with Gasteiger partial charge in [0.05, 0.1) is 31.2 Å². The van der Waals surface area contributed by atoms with Gasteiger partial charge in [-0.2, -0.15) is 0 Å². The van der Waals surface area contributed by atoms with Crippen LogP contribution in [0.3, 0.4) is 0 Å². The van der Waals surface area contributed by atoms with Crippen LogP contribution in [-0.4, -0.2) is 269 Å². The Morgan fingerprint density at radius 3 is 1.26 bits per heavy atom. The Hall–Kier alpha value is -12.8. The minimum absolute atomic E-state index is 0.00703. The zero-order chi connectivity index (χ0) is 98.3. The van der Waals surface area contributed by atoms with Crippen LogP contribution in [0.5, 0.6) is 0 Å². The summed E-state index contributed by atoms with van der Waals surface area (Å²) in [6.07, 6.45) is 2.79. The van der Waals surface area contributed by atoms with E-state index in [0.29, 0.717) is 24.8 Å². The Balaban J connectivity index is 1.93. The first-order valence-corrected chi connectivity index (χ1v) is 44.4. The van der Waals surface area contributed by atoms with E-state index < -0.39 is 228 Å². The van der Waals surface area contributed by atoms with E-state index in [0.717, 1.165) is 0 Å². The lowest BCUT2D eigenvalue weighted by Crippen LogP contribution is -2.61. The summed E-state index contributed by atoms with van der Waals surface area (Å²) in [5.74, 6) is -18.1. The number of amides is 16. The van der Waals surface area contributed by atoms with Crippen molar-refractivity contribution in [2.45, 2.75) is 276 Å². The van der Waals surface area contributed by atoms with E-state index >= 15 is 0 Å². The van der Waals surface area contributed by atoms with E-state index in [-0.39, 0.29) is 152 Å². The largest absolute Gasteiger partial charge is 0.480 e. The first-order chi connectivity index (χ1) is 61.7. The molecule has 47 heteroatoms. The van der Waals surface area contributed by atoms with E-state index in [9.17, 15) is 86.6 Å². The minimum Gasteiger partial charge on any atom is -0.480 e. The fourth-order valence-corrected chi connectivity index (χ4v) is 14.0. The number of carbonyl (C=O) groups excluding carboxylic acids is 16. The SMILES string of the molecule is CC(C)C[C@H](NC(=O)CNC(=O)[C@H](C)N)C(=O)N[C@@H](CCC(N)=O)C(=O)N[C@@H](Cc1ccccc1)C(=O)N1CCC[C@H]1C(=O)N[C@H](C(=O)NCC(=O)N[C@@H](CCCNC(=N)N)C(=O)N[C@H](C(=O)N[C@@H](Cc1c[nH]cn1)C(=O)N[C@@H](CCCNC(=N)N)C(=O)N[C@@H](CC(C)C)C(=O)N[C@@H](CC(C)C)C(=O)N[C@@H](CCCNC(=N)N)C(=O)N[C@@H](CCCCN)C(=O)O)C(C)C)C(C)C. The van der Waals surface area contributed by atoms with Crippen LogP contribution >= 0.6 is 0 Å². The lowest BCUT2D eigenvalue weighted by atomic mass is 9.99. The van der Waals surface area contributed by atoms with Gasteiger partial charge < -0.3 is 140 Å². The molecule has 1 aromatic heterocycles. The number of carboxylic acids is 1. The first-order valence-electron chi connectivity index (χ1n) is 44.4. The number of aromatic nitrogens is 2. The number of aromatic amines is 1. The monoisotopic (exact) mass is 1850 g/mol. The lowest BCUT2D eigenvalue weighted by Gasteiger charge is -2.31. The number of hydrogen-bond acceptors (Lipinski definition) is 23. The second kappa shape index (κ2) is 58.7. The molecule has 131 heavy (non-hydrogen) atoms. The van der Waals surface area contributed by atoms with Crippen LogP contribution < -0.4 is 125 Å². The summed E-state index contributed by atoms with van der Waals surface area (Å²) in [5, 5.41) is 77.5. The van der Waals surface area contributed by atoms with Gasteiger partial charge in [0.25, 0.3) is 0 Å². The number of nitrogens with zero attached hydrogens (tertiary/aromatic N) is 2.